The normalized spacial score (nSPS) is 19.5. The molecule has 0 aromatic heterocycles. The van der Waals surface area contributed by atoms with Crippen LogP contribution in [0.2, 0.25) is 0 Å². The molecule has 1 heterocycles. The van der Waals surface area contributed by atoms with E-state index in [4.69, 9.17) is 4.74 Å². The molecule has 0 N–H and O–H groups in total. The van der Waals surface area contributed by atoms with Crippen molar-refractivity contribution in [3.05, 3.63) is 96.3 Å². The molecule has 0 aliphatic carbocycles. The van der Waals surface area contributed by atoms with E-state index in [1.54, 1.807) is 76.3 Å². The van der Waals surface area contributed by atoms with Gasteiger partial charge in [0.1, 0.15) is 11.4 Å². The highest BCUT2D eigenvalue weighted by atomic mass is 32.2. The summed E-state index contributed by atoms with van der Waals surface area (Å²) in [5.41, 5.74) is -0.189. The molecule has 3 aromatic carbocycles. The van der Waals surface area contributed by atoms with Crippen molar-refractivity contribution in [2.45, 2.75) is 61.4 Å². The largest absolute Gasteiger partial charge is 0.444 e. The summed E-state index contributed by atoms with van der Waals surface area (Å²) in [6, 6.07) is 20.6. The van der Waals surface area contributed by atoms with E-state index in [1.165, 1.54) is 40.1 Å². The summed E-state index contributed by atoms with van der Waals surface area (Å²) in [5.74, 6) is -0.956. The minimum absolute atomic E-state index is 0.0548. The van der Waals surface area contributed by atoms with Gasteiger partial charge in [0.2, 0.25) is 5.91 Å². The van der Waals surface area contributed by atoms with Crippen LogP contribution >= 0.6 is 0 Å². The Morgan fingerprint density at radius 2 is 1.51 bits per heavy atom. The van der Waals surface area contributed by atoms with Crippen LogP contribution in [-0.4, -0.2) is 49.3 Å². The Morgan fingerprint density at radius 3 is 2.10 bits per heavy atom. The van der Waals surface area contributed by atoms with E-state index in [1.807, 2.05) is 6.07 Å². The second-order valence-electron chi connectivity index (χ2n) is 10.6. The van der Waals surface area contributed by atoms with Gasteiger partial charge in [-0.25, -0.2) is 17.6 Å². The molecule has 206 valence electrons. The van der Waals surface area contributed by atoms with E-state index >= 15 is 4.39 Å². The van der Waals surface area contributed by atoms with Gasteiger partial charge < -0.3 is 9.64 Å². The van der Waals surface area contributed by atoms with Crippen LogP contribution in [0, 0.1) is 5.82 Å². The number of amides is 2. The smallest absolute Gasteiger partial charge is 0.411 e. The average molecular weight is 553 g/mol. The maximum atomic E-state index is 15.3. The van der Waals surface area contributed by atoms with Crippen molar-refractivity contribution >= 4 is 27.5 Å². The summed E-state index contributed by atoms with van der Waals surface area (Å²) in [5, 5.41) is -1.20. The van der Waals surface area contributed by atoms with Gasteiger partial charge in [0.25, 0.3) is 0 Å². The van der Waals surface area contributed by atoms with E-state index in [2.05, 4.69) is 0 Å². The molecule has 1 fully saturated rings. The Morgan fingerprint density at radius 1 is 0.949 bits per heavy atom. The van der Waals surface area contributed by atoms with E-state index in [-0.39, 0.29) is 29.2 Å². The summed E-state index contributed by atoms with van der Waals surface area (Å²) in [7, 11) is -2.42. The fourth-order valence-electron chi connectivity index (χ4n) is 4.96. The molecule has 0 radical (unpaired) electrons. The third kappa shape index (κ3) is 6.14. The summed E-state index contributed by atoms with van der Waals surface area (Å²) >= 11 is 0. The number of nitrogens with zero attached hydrogens (tertiary/aromatic N) is 2. The fourth-order valence-corrected chi connectivity index (χ4v) is 6.94. The van der Waals surface area contributed by atoms with Crippen LogP contribution in [0.1, 0.15) is 45.2 Å². The number of ether oxygens (including phenoxy) is 1. The fraction of sp³-hybridized carbons (Fsp3) is 0.333. The Balaban J connectivity index is 1.81. The highest BCUT2D eigenvalue weighted by Gasteiger charge is 2.53. The standard InChI is InChI=1S/C30H33FN2O5S/c1-30(2,3)38-29(35)33-22(20-27(34)32(4)21-13-7-5-8-14-21)19-26(28(33)24-17-11-12-18-25(24)31)39(36,37)23-15-9-6-10-16-23/h5-18,22,26,28H,19-20H2,1-4H3. The minimum Gasteiger partial charge on any atom is -0.444 e. The zero-order valence-corrected chi connectivity index (χ0v) is 23.3. The zero-order valence-electron chi connectivity index (χ0n) is 22.5. The number of halogens is 1. The van der Waals surface area contributed by atoms with Gasteiger partial charge in [0.05, 0.1) is 16.2 Å². The van der Waals surface area contributed by atoms with Crippen molar-refractivity contribution in [1.82, 2.24) is 4.90 Å². The summed E-state index contributed by atoms with van der Waals surface area (Å²) in [6.07, 6.45) is -1.04. The lowest BCUT2D eigenvalue weighted by Gasteiger charge is -2.34. The number of rotatable bonds is 6. The maximum absolute atomic E-state index is 15.3. The Hall–Kier alpha value is -3.72. The first-order valence-corrected chi connectivity index (χ1v) is 14.3. The average Bonchev–Trinajstić information content (AvgIpc) is 3.28. The number of para-hydroxylation sites is 1. The van der Waals surface area contributed by atoms with Crippen molar-refractivity contribution in [1.29, 1.82) is 0 Å². The van der Waals surface area contributed by atoms with Crippen molar-refractivity contribution in [2.75, 3.05) is 11.9 Å². The van der Waals surface area contributed by atoms with Crippen LogP contribution in [0.4, 0.5) is 14.9 Å². The number of anilines is 1. The Bertz CT molecular complexity index is 1420. The summed E-state index contributed by atoms with van der Waals surface area (Å²) < 4.78 is 48.9. The predicted molar refractivity (Wildman–Crippen MR) is 148 cm³/mol. The Labute approximate surface area is 229 Å². The molecule has 3 aromatic rings. The number of benzene rings is 3. The number of hydrogen-bond acceptors (Lipinski definition) is 5. The van der Waals surface area contributed by atoms with Gasteiger partial charge in [-0.15, -0.1) is 0 Å². The van der Waals surface area contributed by atoms with Crippen molar-refractivity contribution in [2.24, 2.45) is 0 Å². The van der Waals surface area contributed by atoms with Crippen LogP contribution in [0.5, 0.6) is 0 Å². The summed E-state index contributed by atoms with van der Waals surface area (Å²) in [6.45, 7) is 5.09. The van der Waals surface area contributed by atoms with Gasteiger partial charge in [-0.3, -0.25) is 9.69 Å². The molecule has 7 nitrogen and oxygen atoms in total. The summed E-state index contributed by atoms with van der Waals surface area (Å²) in [4.78, 5) is 29.9. The van der Waals surface area contributed by atoms with Gasteiger partial charge in [-0.2, -0.15) is 0 Å². The van der Waals surface area contributed by atoms with Gasteiger partial charge in [0, 0.05) is 30.8 Å². The van der Waals surface area contributed by atoms with E-state index in [0.29, 0.717) is 5.69 Å². The second kappa shape index (κ2) is 11.2. The SMILES string of the molecule is CN(C(=O)CC1CC(S(=O)(=O)c2ccccc2)C(c2ccccc2F)N1C(=O)OC(C)(C)C)c1ccccc1. The first-order chi connectivity index (χ1) is 18.4. The zero-order chi connectivity index (χ0) is 28.4. The molecular weight excluding hydrogens is 519 g/mol. The van der Waals surface area contributed by atoms with E-state index in [9.17, 15) is 18.0 Å². The molecule has 9 heteroatoms. The molecular formula is C30H33FN2O5S. The molecule has 39 heavy (non-hydrogen) atoms. The highest BCUT2D eigenvalue weighted by Crippen LogP contribution is 2.45. The van der Waals surface area contributed by atoms with Gasteiger partial charge >= 0.3 is 6.09 Å². The first kappa shape index (κ1) is 28.3. The third-order valence-electron chi connectivity index (χ3n) is 6.78. The molecule has 1 aliphatic rings. The monoisotopic (exact) mass is 552 g/mol. The molecule has 3 unspecified atom stereocenters. The number of hydrogen-bond donors (Lipinski definition) is 0. The predicted octanol–water partition coefficient (Wildman–Crippen LogP) is 5.77. The highest BCUT2D eigenvalue weighted by molar-refractivity contribution is 7.92. The lowest BCUT2D eigenvalue weighted by Crippen LogP contribution is -2.44. The molecule has 2 amide bonds. The van der Waals surface area contributed by atoms with E-state index in [0.717, 1.165) is 0 Å². The topological polar surface area (TPSA) is 84.0 Å². The number of carbonyl (C=O) groups is 2. The van der Waals surface area contributed by atoms with Crippen LogP contribution in [-0.2, 0) is 19.4 Å². The van der Waals surface area contributed by atoms with Gasteiger partial charge in [-0.05, 0) is 57.5 Å². The molecule has 4 rings (SSSR count). The lowest BCUT2D eigenvalue weighted by molar-refractivity contribution is -0.119. The number of carbonyl (C=O) groups excluding carboxylic acids is 2. The lowest BCUT2D eigenvalue weighted by atomic mass is 10.0. The van der Waals surface area contributed by atoms with Crippen LogP contribution in [0.25, 0.3) is 0 Å². The van der Waals surface area contributed by atoms with Crippen LogP contribution < -0.4 is 4.90 Å². The molecule has 3 atom stereocenters. The third-order valence-corrected chi connectivity index (χ3v) is 8.95. The van der Waals surface area contributed by atoms with E-state index < -0.39 is 44.7 Å². The Kier molecular flexibility index (Phi) is 8.11. The van der Waals surface area contributed by atoms with Gasteiger partial charge in [-0.1, -0.05) is 54.6 Å². The second-order valence-corrected chi connectivity index (χ2v) is 12.8. The number of likely N-dealkylation sites (tertiary alicyclic amines) is 1. The van der Waals surface area contributed by atoms with Crippen molar-refractivity contribution in [3.63, 3.8) is 0 Å². The molecule has 1 aliphatic heterocycles. The molecule has 0 spiro atoms. The molecule has 1 saturated heterocycles. The minimum atomic E-state index is -4.05. The molecule has 0 bridgehead atoms. The van der Waals surface area contributed by atoms with Crippen molar-refractivity contribution in [3.8, 4) is 0 Å². The quantitative estimate of drug-likeness (QED) is 0.388. The van der Waals surface area contributed by atoms with Crippen LogP contribution in [0.3, 0.4) is 0 Å². The number of sulfone groups is 1. The first-order valence-electron chi connectivity index (χ1n) is 12.8. The maximum Gasteiger partial charge on any atom is 0.411 e. The van der Waals surface area contributed by atoms with Gasteiger partial charge in [0.15, 0.2) is 9.84 Å². The molecule has 0 saturated carbocycles. The van der Waals surface area contributed by atoms with Crippen molar-refractivity contribution < 1.29 is 27.1 Å². The van der Waals surface area contributed by atoms with Crippen LogP contribution in [0.15, 0.2) is 89.8 Å².